The molecule has 15 heavy (non-hydrogen) atoms. The van der Waals surface area contributed by atoms with Crippen LogP contribution in [-0.2, 0) is 0 Å². The lowest BCUT2D eigenvalue weighted by molar-refractivity contribution is 0.414. The second-order valence-corrected chi connectivity index (χ2v) is 4.15. The molecule has 2 heteroatoms. The Bertz CT molecular complexity index is 335. The molecule has 0 bridgehead atoms. The van der Waals surface area contributed by atoms with Crippen LogP contribution in [0.4, 0.5) is 5.69 Å². The Balaban J connectivity index is 2.28. The van der Waals surface area contributed by atoms with Crippen LogP contribution in [0.25, 0.3) is 0 Å². The van der Waals surface area contributed by atoms with Gasteiger partial charge >= 0.3 is 0 Å². The van der Waals surface area contributed by atoms with Gasteiger partial charge in [0.25, 0.3) is 0 Å². The molecule has 1 unspecified atom stereocenters. The van der Waals surface area contributed by atoms with Crippen LogP contribution < -0.4 is 10.1 Å². The highest BCUT2D eigenvalue weighted by Gasteiger charge is 2.19. The molecule has 0 spiro atoms. The molecule has 0 saturated heterocycles. The molecule has 0 aliphatic carbocycles. The van der Waals surface area contributed by atoms with Gasteiger partial charge < -0.3 is 10.1 Å². The highest BCUT2D eigenvalue weighted by atomic mass is 16.5. The molecular formula is C13H19NO. The molecule has 82 valence electrons. The number of anilines is 1. The Morgan fingerprint density at radius 2 is 2.33 bits per heavy atom. The van der Waals surface area contributed by atoms with Gasteiger partial charge in [-0.05, 0) is 30.4 Å². The Kier molecular flexibility index (Phi) is 3.14. The maximum Gasteiger partial charge on any atom is 0.120 e. The highest BCUT2D eigenvalue weighted by molar-refractivity contribution is 5.58. The van der Waals surface area contributed by atoms with Gasteiger partial charge in [-0.15, -0.1) is 0 Å². The Labute approximate surface area is 91.6 Å². The maximum atomic E-state index is 5.24. The summed E-state index contributed by atoms with van der Waals surface area (Å²) in [6, 6.07) is 6.38. The summed E-state index contributed by atoms with van der Waals surface area (Å²) in [7, 11) is 1.72. The van der Waals surface area contributed by atoms with E-state index in [9.17, 15) is 0 Å². The van der Waals surface area contributed by atoms with E-state index in [0.29, 0.717) is 0 Å². The quantitative estimate of drug-likeness (QED) is 0.816. The van der Waals surface area contributed by atoms with Gasteiger partial charge in [0.15, 0.2) is 0 Å². The first-order valence-corrected chi connectivity index (χ1v) is 5.77. The third kappa shape index (κ3) is 2.09. The number of fused-ring (bicyclic) bond motifs is 1. The zero-order valence-electron chi connectivity index (χ0n) is 9.55. The van der Waals surface area contributed by atoms with Crippen molar-refractivity contribution in [2.75, 3.05) is 19.0 Å². The van der Waals surface area contributed by atoms with Crippen LogP contribution in [0, 0.1) is 0 Å². The van der Waals surface area contributed by atoms with Crippen LogP contribution in [0.3, 0.4) is 0 Å². The summed E-state index contributed by atoms with van der Waals surface area (Å²) < 4.78 is 5.24. The minimum absolute atomic E-state index is 0.733. The molecule has 0 radical (unpaired) electrons. The summed E-state index contributed by atoms with van der Waals surface area (Å²) in [4.78, 5) is 0. The van der Waals surface area contributed by atoms with Gasteiger partial charge in [-0.25, -0.2) is 0 Å². The van der Waals surface area contributed by atoms with Crippen molar-refractivity contribution in [1.82, 2.24) is 0 Å². The van der Waals surface area contributed by atoms with Crippen molar-refractivity contribution in [2.45, 2.75) is 32.1 Å². The van der Waals surface area contributed by atoms with Crippen LogP contribution in [0.5, 0.6) is 5.75 Å². The van der Waals surface area contributed by atoms with Crippen molar-refractivity contribution in [3.05, 3.63) is 23.8 Å². The first-order chi connectivity index (χ1) is 7.35. The monoisotopic (exact) mass is 205 g/mol. The number of rotatable bonds is 3. The fourth-order valence-corrected chi connectivity index (χ4v) is 2.36. The van der Waals surface area contributed by atoms with Crippen molar-refractivity contribution >= 4 is 5.69 Å². The van der Waals surface area contributed by atoms with E-state index in [2.05, 4.69) is 30.4 Å². The fourth-order valence-electron chi connectivity index (χ4n) is 2.36. The van der Waals surface area contributed by atoms with E-state index in [1.807, 2.05) is 0 Å². The van der Waals surface area contributed by atoms with Gasteiger partial charge in [-0.3, -0.25) is 0 Å². The lowest BCUT2D eigenvalue weighted by atomic mass is 9.87. The Hall–Kier alpha value is -1.18. The summed E-state index contributed by atoms with van der Waals surface area (Å²) in [6.07, 6.45) is 3.81. The fraction of sp³-hybridized carbons (Fsp3) is 0.538. The first kappa shape index (κ1) is 10.3. The predicted octanol–water partition coefficient (Wildman–Crippen LogP) is 3.39. The van der Waals surface area contributed by atoms with Crippen molar-refractivity contribution in [3.8, 4) is 5.75 Å². The molecule has 1 aromatic carbocycles. The van der Waals surface area contributed by atoms with Crippen LogP contribution in [0.15, 0.2) is 18.2 Å². The third-order valence-corrected chi connectivity index (χ3v) is 3.15. The molecule has 1 N–H and O–H groups in total. The van der Waals surface area contributed by atoms with Crippen molar-refractivity contribution in [1.29, 1.82) is 0 Å². The third-order valence-electron chi connectivity index (χ3n) is 3.15. The van der Waals surface area contributed by atoms with E-state index in [4.69, 9.17) is 4.74 Å². The summed E-state index contributed by atoms with van der Waals surface area (Å²) in [6.45, 7) is 3.34. The predicted molar refractivity (Wildman–Crippen MR) is 63.7 cm³/mol. The smallest absolute Gasteiger partial charge is 0.120 e. The molecule has 1 aliphatic rings. The molecule has 2 rings (SSSR count). The summed E-state index contributed by atoms with van der Waals surface area (Å²) >= 11 is 0. The van der Waals surface area contributed by atoms with Gasteiger partial charge in [0.2, 0.25) is 0 Å². The molecular weight excluding hydrogens is 186 g/mol. The topological polar surface area (TPSA) is 21.3 Å². The lowest BCUT2D eigenvalue weighted by Gasteiger charge is -2.26. The van der Waals surface area contributed by atoms with Gasteiger partial charge in [-0.1, -0.05) is 19.4 Å². The van der Waals surface area contributed by atoms with Gasteiger partial charge in [0.1, 0.15) is 5.75 Å². The number of methoxy groups -OCH3 is 1. The van der Waals surface area contributed by atoms with E-state index in [1.54, 1.807) is 7.11 Å². The van der Waals surface area contributed by atoms with Crippen molar-refractivity contribution in [2.24, 2.45) is 0 Å². The number of benzene rings is 1. The van der Waals surface area contributed by atoms with E-state index in [1.165, 1.54) is 30.5 Å². The van der Waals surface area contributed by atoms with Gasteiger partial charge in [0.05, 0.1) is 7.11 Å². The first-order valence-electron chi connectivity index (χ1n) is 5.77. The Morgan fingerprint density at radius 1 is 1.47 bits per heavy atom. The normalized spacial score (nSPS) is 19.2. The Morgan fingerprint density at radius 3 is 3.07 bits per heavy atom. The van der Waals surface area contributed by atoms with E-state index in [0.717, 1.165) is 18.2 Å². The number of hydrogen-bond donors (Lipinski definition) is 1. The zero-order chi connectivity index (χ0) is 10.7. The van der Waals surface area contributed by atoms with Crippen LogP contribution in [0.2, 0.25) is 0 Å². The average molecular weight is 205 g/mol. The van der Waals surface area contributed by atoms with Crippen molar-refractivity contribution < 1.29 is 4.74 Å². The molecule has 0 saturated carbocycles. The standard InChI is InChI=1S/C13H19NO/c1-3-4-10-7-8-14-13-9-11(15-2)5-6-12(10)13/h5-6,9-10,14H,3-4,7-8H2,1-2H3. The van der Waals surface area contributed by atoms with E-state index >= 15 is 0 Å². The second-order valence-electron chi connectivity index (χ2n) is 4.15. The summed E-state index contributed by atoms with van der Waals surface area (Å²) in [5.41, 5.74) is 2.72. The molecule has 2 nitrogen and oxygen atoms in total. The van der Waals surface area contributed by atoms with Crippen LogP contribution in [-0.4, -0.2) is 13.7 Å². The number of hydrogen-bond acceptors (Lipinski definition) is 2. The summed E-state index contributed by atoms with van der Waals surface area (Å²) in [5.74, 6) is 1.68. The lowest BCUT2D eigenvalue weighted by Crippen LogP contribution is -2.16. The van der Waals surface area contributed by atoms with Gasteiger partial charge in [0, 0.05) is 18.3 Å². The molecule has 0 aromatic heterocycles. The van der Waals surface area contributed by atoms with E-state index < -0.39 is 0 Å². The largest absolute Gasteiger partial charge is 0.497 e. The molecule has 1 aromatic rings. The number of nitrogens with one attached hydrogen (secondary N) is 1. The van der Waals surface area contributed by atoms with Crippen molar-refractivity contribution in [3.63, 3.8) is 0 Å². The van der Waals surface area contributed by atoms with E-state index in [-0.39, 0.29) is 0 Å². The molecule has 1 atom stereocenters. The van der Waals surface area contributed by atoms with Crippen LogP contribution in [0.1, 0.15) is 37.7 Å². The SMILES string of the molecule is CCCC1CCNc2cc(OC)ccc21. The maximum absolute atomic E-state index is 5.24. The minimum Gasteiger partial charge on any atom is -0.497 e. The second kappa shape index (κ2) is 4.56. The zero-order valence-corrected chi connectivity index (χ0v) is 9.55. The average Bonchev–Trinajstić information content (AvgIpc) is 2.29. The summed E-state index contributed by atoms with van der Waals surface area (Å²) in [5, 5.41) is 3.45. The minimum atomic E-state index is 0.733. The molecule has 0 fully saturated rings. The molecule has 1 heterocycles. The van der Waals surface area contributed by atoms with Crippen LogP contribution >= 0.6 is 0 Å². The molecule has 1 aliphatic heterocycles. The number of ether oxygens (including phenoxy) is 1. The van der Waals surface area contributed by atoms with Gasteiger partial charge in [-0.2, -0.15) is 0 Å². The highest BCUT2D eigenvalue weighted by Crippen LogP contribution is 2.36. The molecule has 0 amide bonds.